The molecule has 2 aromatic rings. The summed E-state index contributed by atoms with van der Waals surface area (Å²) in [6.45, 7) is 0. The van der Waals surface area contributed by atoms with Gasteiger partial charge in [-0.25, -0.2) is 4.39 Å². The second-order valence-corrected chi connectivity index (χ2v) is 3.81. The number of carbonyl (C=O) groups is 1. The molecule has 4 heteroatoms. The summed E-state index contributed by atoms with van der Waals surface area (Å²) < 4.78 is 18.1. The fourth-order valence-corrected chi connectivity index (χ4v) is 1.62. The fourth-order valence-electron chi connectivity index (χ4n) is 1.62. The highest BCUT2D eigenvalue weighted by Crippen LogP contribution is 2.19. The molecule has 0 bridgehead atoms. The number of ketones is 1. The van der Waals surface area contributed by atoms with Crippen molar-refractivity contribution in [3.8, 4) is 5.75 Å². The molecule has 1 aromatic heterocycles. The summed E-state index contributed by atoms with van der Waals surface area (Å²) in [5.74, 6) is -0.497. The van der Waals surface area contributed by atoms with E-state index in [0.717, 1.165) is 5.56 Å². The van der Waals surface area contributed by atoms with Crippen molar-refractivity contribution in [1.82, 2.24) is 4.98 Å². The summed E-state index contributed by atoms with van der Waals surface area (Å²) in [5, 5.41) is 0. The number of hydrogen-bond donors (Lipinski definition) is 0. The molecule has 0 aliphatic carbocycles. The van der Waals surface area contributed by atoms with Crippen LogP contribution < -0.4 is 4.74 Å². The number of halogens is 1. The van der Waals surface area contributed by atoms with Crippen molar-refractivity contribution in [2.45, 2.75) is 6.42 Å². The van der Waals surface area contributed by atoms with Gasteiger partial charge in [0.25, 0.3) is 0 Å². The first-order valence-electron chi connectivity index (χ1n) is 5.46. The number of hydrogen-bond acceptors (Lipinski definition) is 3. The molecule has 92 valence electrons. The Morgan fingerprint density at radius 3 is 2.89 bits per heavy atom. The van der Waals surface area contributed by atoms with E-state index in [4.69, 9.17) is 4.74 Å². The van der Waals surface area contributed by atoms with Gasteiger partial charge in [0.05, 0.1) is 7.11 Å². The zero-order valence-electron chi connectivity index (χ0n) is 9.89. The van der Waals surface area contributed by atoms with Crippen molar-refractivity contribution in [2.75, 3.05) is 7.11 Å². The topological polar surface area (TPSA) is 39.2 Å². The van der Waals surface area contributed by atoms with E-state index in [1.54, 1.807) is 18.5 Å². The molecule has 3 nitrogen and oxygen atoms in total. The molecule has 0 saturated carbocycles. The van der Waals surface area contributed by atoms with Crippen molar-refractivity contribution in [3.63, 3.8) is 0 Å². The average molecular weight is 245 g/mol. The van der Waals surface area contributed by atoms with E-state index in [2.05, 4.69) is 4.98 Å². The van der Waals surface area contributed by atoms with Crippen LogP contribution in [-0.2, 0) is 6.42 Å². The summed E-state index contributed by atoms with van der Waals surface area (Å²) in [6, 6.07) is 7.69. The number of rotatable bonds is 4. The molecule has 1 aromatic carbocycles. The lowest BCUT2D eigenvalue weighted by atomic mass is 10.0. The molecule has 0 radical (unpaired) electrons. The Morgan fingerprint density at radius 1 is 1.39 bits per heavy atom. The third-order valence-corrected chi connectivity index (χ3v) is 2.56. The molecule has 18 heavy (non-hydrogen) atoms. The fraction of sp³-hybridized carbons (Fsp3) is 0.143. The summed E-state index contributed by atoms with van der Waals surface area (Å²) in [6.07, 6.45) is 3.52. The molecule has 1 heterocycles. The number of carbonyl (C=O) groups excluding carboxylic acids is 1. The van der Waals surface area contributed by atoms with Crippen LogP contribution in [0.1, 0.15) is 15.9 Å². The van der Waals surface area contributed by atoms with Crippen LogP contribution >= 0.6 is 0 Å². The Kier molecular flexibility index (Phi) is 3.67. The second-order valence-electron chi connectivity index (χ2n) is 3.81. The van der Waals surface area contributed by atoms with E-state index in [1.165, 1.54) is 25.3 Å². The predicted molar refractivity (Wildman–Crippen MR) is 65.2 cm³/mol. The Balaban J connectivity index is 2.19. The third-order valence-electron chi connectivity index (χ3n) is 2.56. The van der Waals surface area contributed by atoms with Crippen LogP contribution in [0.15, 0.2) is 42.7 Å². The highest BCUT2D eigenvalue weighted by atomic mass is 19.1. The quantitative estimate of drug-likeness (QED) is 0.777. The van der Waals surface area contributed by atoms with Crippen LogP contribution in [-0.4, -0.2) is 17.9 Å². The van der Waals surface area contributed by atoms with Crippen LogP contribution in [0, 0.1) is 5.82 Å². The maximum absolute atomic E-state index is 13.2. The van der Waals surface area contributed by atoms with Gasteiger partial charge < -0.3 is 4.74 Å². The minimum atomic E-state index is -0.476. The Hall–Kier alpha value is -2.23. The Morgan fingerprint density at radius 2 is 2.22 bits per heavy atom. The smallest absolute Gasteiger partial charge is 0.167 e. The highest BCUT2D eigenvalue weighted by molar-refractivity contribution is 5.97. The summed E-state index contributed by atoms with van der Waals surface area (Å²) in [7, 11) is 1.37. The van der Waals surface area contributed by atoms with Gasteiger partial charge in [-0.3, -0.25) is 9.78 Å². The first kappa shape index (κ1) is 12.2. The minimum Gasteiger partial charge on any atom is -0.494 e. The number of ether oxygens (including phenoxy) is 1. The molecule has 0 aliphatic heterocycles. The number of nitrogens with zero attached hydrogens (tertiary/aromatic N) is 1. The van der Waals surface area contributed by atoms with Crippen molar-refractivity contribution < 1.29 is 13.9 Å². The first-order valence-corrected chi connectivity index (χ1v) is 5.46. The van der Waals surface area contributed by atoms with E-state index in [9.17, 15) is 9.18 Å². The number of pyridine rings is 1. The Labute approximate surface area is 104 Å². The van der Waals surface area contributed by atoms with Crippen LogP contribution in [0.5, 0.6) is 5.75 Å². The Bertz CT molecular complexity index is 555. The molecule has 0 spiro atoms. The highest BCUT2D eigenvalue weighted by Gasteiger charge is 2.10. The maximum Gasteiger partial charge on any atom is 0.167 e. The van der Waals surface area contributed by atoms with Crippen LogP contribution in [0.3, 0.4) is 0 Å². The van der Waals surface area contributed by atoms with Gasteiger partial charge in [-0.05, 0) is 29.8 Å². The minimum absolute atomic E-state index is 0.0760. The maximum atomic E-state index is 13.2. The largest absolute Gasteiger partial charge is 0.494 e. The van der Waals surface area contributed by atoms with Gasteiger partial charge in [0.1, 0.15) is 0 Å². The molecule has 0 N–H and O–H groups in total. The van der Waals surface area contributed by atoms with Gasteiger partial charge >= 0.3 is 0 Å². The predicted octanol–water partition coefficient (Wildman–Crippen LogP) is 2.65. The van der Waals surface area contributed by atoms with Gasteiger partial charge in [-0.15, -0.1) is 0 Å². The third kappa shape index (κ3) is 2.71. The number of Topliss-reactive ketones (excluding diaryl/α,β-unsaturated/α-hetero) is 1. The zero-order valence-corrected chi connectivity index (χ0v) is 9.89. The van der Waals surface area contributed by atoms with Crippen molar-refractivity contribution in [3.05, 3.63) is 59.7 Å². The number of aromatic nitrogens is 1. The van der Waals surface area contributed by atoms with Crippen molar-refractivity contribution in [1.29, 1.82) is 0 Å². The van der Waals surface area contributed by atoms with Crippen LogP contribution in [0.2, 0.25) is 0 Å². The molecule has 0 aliphatic rings. The zero-order chi connectivity index (χ0) is 13.0. The van der Waals surface area contributed by atoms with Crippen molar-refractivity contribution in [2.24, 2.45) is 0 Å². The summed E-state index contributed by atoms with van der Waals surface area (Å²) in [5.41, 5.74) is 1.25. The standard InChI is InChI=1S/C14H12FNO2/c1-18-14-8-11(4-5-12(14)15)13(17)7-10-3-2-6-16-9-10/h2-6,8-9H,7H2,1H3. The molecule has 0 fully saturated rings. The molecular weight excluding hydrogens is 233 g/mol. The van der Waals surface area contributed by atoms with Gasteiger partial charge in [0, 0.05) is 24.4 Å². The van der Waals surface area contributed by atoms with Gasteiger partial charge in [0.2, 0.25) is 0 Å². The molecular formula is C14H12FNO2. The van der Waals surface area contributed by atoms with E-state index in [1.807, 2.05) is 6.07 Å². The van der Waals surface area contributed by atoms with Crippen LogP contribution in [0.4, 0.5) is 4.39 Å². The molecule has 0 amide bonds. The summed E-state index contributed by atoms with van der Waals surface area (Å²) in [4.78, 5) is 15.9. The average Bonchev–Trinajstić information content (AvgIpc) is 2.40. The van der Waals surface area contributed by atoms with E-state index < -0.39 is 5.82 Å². The van der Waals surface area contributed by atoms with E-state index >= 15 is 0 Å². The molecule has 2 rings (SSSR count). The summed E-state index contributed by atoms with van der Waals surface area (Å²) >= 11 is 0. The molecule has 0 unspecified atom stereocenters. The van der Waals surface area contributed by atoms with Gasteiger partial charge in [0.15, 0.2) is 17.3 Å². The van der Waals surface area contributed by atoms with Crippen molar-refractivity contribution >= 4 is 5.78 Å². The van der Waals surface area contributed by atoms with Gasteiger partial charge in [-0.1, -0.05) is 6.07 Å². The number of methoxy groups -OCH3 is 1. The van der Waals surface area contributed by atoms with E-state index in [-0.39, 0.29) is 18.0 Å². The molecule has 0 atom stereocenters. The second kappa shape index (κ2) is 5.40. The number of benzene rings is 1. The van der Waals surface area contributed by atoms with Crippen LogP contribution in [0.25, 0.3) is 0 Å². The lowest BCUT2D eigenvalue weighted by Crippen LogP contribution is -2.04. The normalized spacial score (nSPS) is 10.1. The molecule has 0 saturated heterocycles. The lowest BCUT2D eigenvalue weighted by Gasteiger charge is -2.05. The lowest BCUT2D eigenvalue weighted by molar-refractivity contribution is 0.0992. The monoisotopic (exact) mass is 245 g/mol. The first-order chi connectivity index (χ1) is 8.70. The SMILES string of the molecule is COc1cc(C(=O)Cc2cccnc2)ccc1F. The van der Waals surface area contributed by atoms with Gasteiger partial charge in [-0.2, -0.15) is 0 Å². The van der Waals surface area contributed by atoms with E-state index in [0.29, 0.717) is 5.56 Å².